The van der Waals surface area contributed by atoms with Crippen molar-refractivity contribution in [1.82, 2.24) is 10.2 Å². The number of hydrogen-bond acceptors (Lipinski definition) is 5. The number of carbonyl (C=O) groups excluding carboxylic acids is 4. The third-order valence-corrected chi connectivity index (χ3v) is 5.94. The van der Waals surface area contributed by atoms with Crippen LogP contribution in [0.25, 0.3) is 0 Å². The van der Waals surface area contributed by atoms with Crippen molar-refractivity contribution in [2.45, 2.75) is 32.2 Å². The van der Waals surface area contributed by atoms with Gasteiger partial charge in [-0.2, -0.15) is 0 Å². The molecule has 0 aromatic heterocycles. The van der Waals surface area contributed by atoms with Gasteiger partial charge in [0.05, 0.1) is 17.2 Å². The van der Waals surface area contributed by atoms with Crippen molar-refractivity contribution >= 4 is 29.3 Å². The lowest BCUT2D eigenvalue weighted by Crippen LogP contribution is -2.31. The highest BCUT2D eigenvalue weighted by molar-refractivity contribution is 6.22. The molecule has 172 valence electrons. The molecule has 1 unspecified atom stereocenters. The van der Waals surface area contributed by atoms with E-state index in [-0.39, 0.29) is 41.8 Å². The molecular weight excluding hydrogens is 422 g/mol. The molecule has 1 fully saturated rings. The van der Waals surface area contributed by atoms with Crippen molar-refractivity contribution in [2.75, 3.05) is 25.6 Å². The van der Waals surface area contributed by atoms with Crippen molar-refractivity contribution in [1.29, 1.82) is 0 Å². The zero-order valence-corrected chi connectivity index (χ0v) is 18.7. The van der Waals surface area contributed by atoms with Gasteiger partial charge in [-0.15, -0.1) is 0 Å². The Morgan fingerprint density at radius 3 is 2.42 bits per heavy atom. The van der Waals surface area contributed by atoms with E-state index in [1.165, 1.54) is 17.0 Å². The van der Waals surface area contributed by atoms with Crippen molar-refractivity contribution in [3.8, 4) is 0 Å². The molecule has 1 aliphatic carbocycles. The predicted octanol–water partition coefficient (Wildman–Crippen LogP) is 3.16. The quantitative estimate of drug-likeness (QED) is 0.452. The molecule has 1 saturated carbocycles. The van der Waals surface area contributed by atoms with Crippen LogP contribution in [0.3, 0.4) is 0 Å². The molecule has 0 bridgehead atoms. The number of hydrogen-bond donors (Lipinski definition) is 2. The van der Waals surface area contributed by atoms with Crippen LogP contribution in [0.4, 0.5) is 5.69 Å². The summed E-state index contributed by atoms with van der Waals surface area (Å²) in [5.74, 6) is -0.895. The van der Waals surface area contributed by atoms with Crippen molar-refractivity contribution < 1.29 is 23.9 Å². The Bertz CT molecular complexity index is 1090. The van der Waals surface area contributed by atoms with Gasteiger partial charge in [-0.1, -0.05) is 12.1 Å². The van der Waals surface area contributed by atoms with Crippen LogP contribution in [0.5, 0.6) is 0 Å². The average molecular weight is 450 g/mol. The van der Waals surface area contributed by atoms with E-state index in [4.69, 9.17) is 4.74 Å². The van der Waals surface area contributed by atoms with E-state index in [0.29, 0.717) is 24.2 Å². The Hall–Kier alpha value is -3.52. The van der Waals surface area contributed by atoms with E-state index in [1.54, 1.807) is 13.2 Å². The minimum atomic E-state index is -0.391. The first-order chi connectivity index (χ1) is 15.9. The maximum atomic E-state index is 12.8. The van der Waals surface area contributed by atoms with E-state index >= 15 is 0 Å². The summed E-state index contributed by atoms with van der Waals surface area (Å²) in [5, 5.41) is 5.81. The number of amides is 4. The topological polar surface area (TPSA) is 105 Å². The van der Waals surface area contributed by atoms with Crippen LogP contribution in [-0.2, 0) is 9.53 Å². The number of carbonyl (C=O) groups is 4. The van der Waals surface area contributed by atoms with E-state index in [1.807, 2.05) is 31.2 Å². The first-order valence-corrected chi connectivity index (χ1v) is 11.1. The SMILES string of the molecule is COCCCN1C(=O)c2ccc(C(=O)NC(C)c3ccc(NC(=O)C4CC4)cc3)cc2C1=O. The molecule has 0 radical (unpaired) electrons. The Morgan fingerprint density at radius 2 is 1.76 bits per heavy atom. The minimum absolute atomic E-state index is 0.0472. The predicted molar refractivity (Wildman–Crippen MR) is 122 cm³/mol. The average Bonchev–Trinajstić information content (AvgIpc) is 3.64. The zero-order valence-electron chi connectivity index (χ0n) is 18.7. The number of benzene rings is 2. The van der Waals surface area contributed by atoms with Crippen LogP contribution in [0.1, 0.15) is 68.9 Å². The highest BCUT2D eigenvalue weighted by Crippen LogP contribution is 2.30. The third kappa shape index (κ3) is 4.96. The van der Waals surface area contributed by atoms with Gasteiger partial charge in [0.25, 0.3) is 17.7 Å². The van der Waals surface area contributed by atoms with Crippen molar-refractivity contribution in [3.63, 3.8) is 0 Å². The van der Waals surface area contributed by atoms with E-state index in [2.05, 4.69) is 10.6 Å². The van der Waals surface area contributed by atoms with Crippen molar-refractivity contribution in [2.24, 2.45) is 5.92 Å². The second kappa shape index (κ2) is 9.54. The first-order valence-electron chi connectivity index (χ1n) is 11.1. The molecule has 2 N–H and O–H groups in total. The Kier molecular flexibility index (Phi) is 6.55. The van der Waals surface area contributed by atoms with Gasteiger partial charge in [0.1, 0.15) is 0 Å². The van der Waals surface area contributed by atoms with Crippen LogP contribution in [0.15, 0.2) is 42.5 Å². The summed E-state index contributed by atoms with van der Waals surface area (Å²) in [6.07, 6.45) is 2.44. The number of rotatable bonds is 9. The fourth-order valence-electron chi connectivity index (χ4n) is 3.81. The smallest absolute Gasteiger partial charge is 0.261 e. The lowest BCUT2D eigenvalue weighted by molar-refractivity contribution is -0.117. The number of anilines is 1. The second-order valence-electron chi connectivity index (χ2n) is 8.45. The Labute approximate surface area is 192 Å². The van der Waals surface area contributed by atoms with E-state index < -0.39 is 5.91 Å². The molecule has 2 aromatic rings. The lowest BCUT2D eigenvalue weighted by Gasteiger charge is -2.15. The molecule has 1 aliphatic heterocycles. The molecule has 2 aromatic carbocycles. The third-order valence-electron chi connectivity index (χ3n) is 5.94. The van der Waals surface area contributed by atoms with Gasteiger partial charge in [0, 0.05) is 37.4 Å². The summed E-state index contributed by atoms with van der Waals surface area (Å²) in [6, 6.07) is 11.6. The number of nitrogens with one attached hydrogen (secondary N) is 2. The fraction of sp³-hybridized carbons (Fsp3) is 0.360. The molecule has 0 spiro atoms. The zero-order chi connectivity index (χ0) is 23.5. The highest BCUT2D eigenvalue weighted by Gasteiger charge is 2.35. The summed E-state index contributed by atoms with van der Waals surface area (Å²) >= 11 is 0. The van der Waals surface area contributed by atoms with Gasteiger partial charge in [-0.25, -0.2) is 0 Å². The van der Waals surface area contributed by atoms with Crippen molar-refractivity contribution in [3.05, 3.63) is 64.7 Å². The molecule has 8 nitrogen and oxygen atoms in total. The summed E-state index contributed by atoms with van der Waals surface area (Å²) in [7, 11) is 1.57. The molecule has 0 saturated heterocycles. The van der Waals surface area contributed by atoms with Gasteiger partial charge >= 0.3 is 0 Å². The molecule has 1 atom stereocenters. The Balaban J connectivity index is 1.39. The van der Waals surface area contributed by atoms with Crippen LogP contribution < -0.4 is 10.6 Å². The van der Waals surface area contributed by atoms with Gasteiger partial charge in [-0.05, 0) is 62.1 Å². The van der Waals surface area contributed by atoms with E-state index in [0.717, 1.165) is 24.1 Å². The van der Waals surface area contributed by atoms with Gasteiger partial charge in [0.15, 0.2) is 0 Å². The standard InChI is InChI=1S/C25H27N3O5/c1-15(16-6-9-19(10-7-16)27-22(29)17-4-5-17)26-23(30)18-8-11-20-21(14-18)25(32)28(24(20)31)12-3-13-33-2/h6-11,14-15,17H,3-5,12-13H2,1-2H3,(H,26,30)(H,27,29). The summed E-state index contributed by atoms with van der Waals surface area (Å²) in [6.45, 7) is 2.58. The van der Waals surface area contributed by atoms with Crippen LogP contribution in [-0.4, -0.2) is 48.8 Å². The van der Waals surface area contributed by atoms with Crippen LogP contribution >= 0.6 is 0 Å². The first kappa shape index (κ1) is 22.7. The molecular formula is C25H27N3O5. The maximum absolute atomic E-state index is 12.8. The van der Waals surface area contributed by atoms with Crippen LogP contribution in [0.2, 0.25) is 0 Å². The second-order valence-corrected chi connectivity index (χ2v) is 8.45. The molecule has 33 heavy (non-hydrogen) atoms. The number of fused-ring (bicyclic) bond motifs is 1. The normalized spacial score (nSPS) is 15.9. The number of nitrogens with zero attached hydrogens (tertiary/aromatic N) is 1. The summed E-state index contributed by atoms with van der Waals surface area (Å²) in [5.41, 5.74) is 2.48. The van der Waals surface area contributed by atoms with Gasteiger partial charge < -0.3 is 15.4 Å². The molecule has 1 heterocycles. The van der Waals surface area contributed by atoms with Crippen LogP contribution in [0, 0.1) is 5.92 Å². The monoisotopic (exact) mass is 449 g/mol. The highest BCUT2D eigenvalue weighted by atomic mass is 16.5. The maximum Gasteiger partial charge on any atom is 0.261 e. The Morgan fingerprint density at radius 1 is 1.06 bits per heavy atom. The number of methoxy groups -OCH3 is 1. The largest absolute Gasteiger partial charge is 0.385 e. The lowest BCUT2D eigenvalue weighted by atomic mass is 10.0. The minimum Gasteiger partial charge on any atom is -0.385 e. The molecule has 2 aliphatic rings. The summed E-state index contributed by atoms with van der Waals surface area (Å²) < 4.78 is 4.99. The van der Waals surface area contributed by atoms with Gasteiger partial charge in [0.2, 0.25) is 5.91 Å². The van der Waals surface area contributed by atoms with E-state index in [9.17, 15) is 19.2 Å². The number of imide groups is 1. The molecule has 8 heteroatoms. The fourth-order valence-corrected chi connectivity index (χ4v) is 3.81. The number of ether oxygens (including phenoxy) is 1. The van der Waals surface area contributed by atoms with Gasteiger partial charge in [-0.3, -0.25) is 24.1 Å². The molecule has 4 rings (SSSR count). The summed E-state index contributed by atoms with van der Waals surface area (Å²) in [4.78, 5) is 51.1. The molecule has 4 amide bonds.